The van der Waals surface area contributed by atoms with Crippen molar-refractivity contribution in [1.29, 1.82) is 0 Å². The molecule has 4 amide bonds. The van der Waals surface area contributed by atoms with Crippen LogP contribution in [0.4, 0.5) is 4.79 Å². The van der Waals surface area contributed by atoms with E-state index in [9.17, 15) is 19.2 Å². The number of aliphatic hydroxyl groups is 1. The fourth-order valence-electron chi connectivity index (χ4n) is 3.36. The lowest BCUT2D eigenvalue weighted by Crippen LogP contribution is -2.49. The SMILES string of the molecule is CC(NC(=O)C(CCc1ccccc1)OC(N)=O)C(=O)NCc1cc(Cl)ccc1OCC(=O)NCCCO. The first-order valence-corrected chi connectivity index (χ1v) is 12.4. The normalized spacial score (nSPS) is 12.1. The summed E-state index contributed by atoms with van der Waals surface area (Å²) >= 11 is 6.08. The lowest BCUT2D eigenvalue weighted by molar-refractivity contribution is -0.134. The first-order chi connectivity index (χ1) is 18.2. The maximum absolute atomic E-state index is 12.7. The van der Waals surface area contributed by atoms with Gasteiger partial charge < -0.3 is 36.3 Å². The molecule has 0 aromatic heterocycles. The number of halogens is 1. The van der Waals surface area contributed by atoms with Gasteiger partial charge in [0, 0.05) is 30.3 Å². The van der Waals surface area contributed by atoms with Crippen molar-refractivity contribution < 1.29 is 33.8 Å². The molecule has 38 heavy (non-hydrogen) atoms. The van der Waals surface area contributed by atoms with Gasteiger partial charge in [-0.05, 0) is 49.9 Å². The van der Waals surface area contributed by atoms with Gasteiger partial charge in [-0.2, -0.15) is 0 Å². The number of nitrogens with one attached hydrogen (secondary N) is 3. The van der Waals surface area contributed by atoms with Crippen LogP contribution in [0.1, 0.15) is 30.9 Å². The minimum Gasteiger partial charge on any atom is -0.483 e. The Labute approximate surface area is 226 Å². The van der Waals surface area contributed by atoms with Gasteiger partial charge in [0.05, 0.1) is 0 Å². The summed E-state index contributed by atoms with van der Waals surface area (Å²) in [6.45, 7) is 1.52. The van der Waals surface area contributed by atoms with Gasteiger partial charge in [-0.25, -0.2) is 4.79 Å². The van der Waals surface area contributed by atoms with E-state index >= 15 is 0 Å². The zero-order valence-corrected chi connectivity index (χ0v) is 21.8. The highest BCUT2D eigenvalue weighted by molar-refractivity contribution is 6.30. The molecular weight excluding hydrogens is 516 g/mol. The lowest BCUT2D eigenvalue weighted by Gasteiger charge is -2.20. The molecule has 0 radical (unpaired) electrons. The van der Waals surface area contributed by atoms with E-state index in [0.29, 0.717) is 35.7 Å². The third kappa shape index (κ3) is 11.1. The molecule has 2 atom stereocenters. The van der Waals surface area contributed by atoms with E-state index in [-0.39, 0.29) is 32.1 Å². The Morgan fingerprint density at radius 1 is 1.05 bits per heavy atom. The molecule has 0 aliphatic carbocycles. The second kappa shape index (κ2) is 16.1. The van der Waals surface area contributed by atoms with Crippen molar-refractivity contribution in [2.45, 2.75) is 44.9 Å². The van der Waals surface area contributed by atoms with Crippen LogP contribution < -0.4 is 26.4 Å². The molecule has 0 spiro atoms. The van der Waals surface area contributed by atoms with Gasteiger partial charge in [0.2, 0.25) is 5.91 Å². The molecule has 11 nitrogen and oxygen atoms in total. The number of nitrogens with two attached hydrogens (primary N) is 1. The number of hydrogen-bond donors (Lipinski definition) is 5. The van der Waals surface area contributed by atoms with Crippen LogP contribution in [0.15, 0.2) is 48.5 Å². The number of primary amides is 1. The number of amides is 4. The van der Waals surface area contributed by atoms with Crippen molar-refractivity contribution in [3.63, 3.8) is 0 Å². The van der Waals surface area contributed by atoms with E-state index in [1.54, 1.807) is 18.2 Å². The maximum atomic E-state index is 12.7. The zero-order valence-electron chi connectivity index (χ0n) is 21.1. The number of aliphatic hydroxyl groups excluding tert-OH is 1. The van der Waals surface area contributed by atoms with E-state index in [0.717, 1.165) is 5.56 Å². The van der Waals surface area contributed by atoms with Gasteiger partial charge in [-0.1, -0.05) is 41.9 Å². The number of hydrogen-bond acceptors (Lipinski definition) is 7. The van der Waals surface area contributed by atoms with Crippen molar-refractivity contribution in [3.05, 3.63) is 64.7 Å². The van der Waals surface area contributed by atoms with E-state index in [4.69, 9.17) is 31.9 Å². The molecule has 0 aliphatic rings. The molecule has 0 aliphatic heterocycles. The summed E-state index contributed by atoms with van der Waals surface area (Å²) < 4.78 is 10.5. The van der Waals surface area contributed by atoms with Crippen LogP contribution in [0.5, 0.6) is 5.75 Å². The fraction of sp³-hybridized carbons (Fsp3) is 0.385. The number of carbonyl (C=O) groups is 4. The molecule has 2 aromatic carbocycles. The Hall–Kier alpha value is -3.83. The minimum absolute atomic E-state index is 0.0102. The van der Waals surface area contributed by atoms with Crippen LogP contribution in [-0.4, -0.2) is 60.8 Å². The van der Waals surface area contributed by atoms with Crippen molar-refractivity contribution >= 4 is 35.4 Å². The minimum atomic E-state index is -1.17. The van der Waals surface area contributed by atoms with Gasteiger partial charge in [0.25, 0.3) is 11.8 Å². The van der Waals surface area contributed by atoms with Gasteiger partial charge in [-0.3, -0.25) is 14.4 Å². The quantitative estimate of drug-likeness (QED) is 0.210. The molecule has 0 heterocycles. The predicted octanol–water partition coefficient (Wildman–Crippen LogP) is 1.44. The Morgan fingerprint density at radius 3 is 2.47 bits per heavy atom. The van der Waals surface area contributed by atoms with Crippen LogP contribution in [0, 0.1) is 0 Å². The van der Waals surface area contributed by atoms with Crippen molar-refractivity contribution in [2.75, 3.05) is 19.8 Å². The second-order valence-corrected chi connectivity index (χ2v) is 8.80. The Bertz CT molecular complexity index is 1080. The molecular formula is C26H33ClN4O7. The van der Waals surface area contributed by atoms with E-state index < -0.39 is 30.1 Å². The zero-order chi connectivity index (χ0) is 27.9. The van der Waals surface area contributed by atoms with Crippen LogP contribution >= 0.6 is 11.6 Å². The van der Waals surface area contributed by atoms with Crippen molar-refractivity contribution in [2.24, 2.45) is 5.73 Å². The van der Waals surface area contributed by atoms with Gasteiger partial charge in [0.1, 0.15) is 11.8 Å². The summed E-state index contributed by atoms with van der Waals surface area (Å²) in [6.07, 6.45) is -1.18. The highest BCUT2D eigenvalue weighted by Gasteiger charge is 2.25. The first kappa shape index (κ1) is 30.4. The highest BCUT2D eigenvalue weighted by Crippen LogP contribution is 2.23. The van der Waals surface area contributed by atoms with Gasteiger partial charge in [-0.15, -0.1) is 0 Å². The molecule has 0 bridgehead atoms. The topological polar surface area (TPSA) is 169 Å². The molecule has 6 N–H and O–H groups in total. The van der Waals surface area contributed by atoms with Crippen molar-refractivity contribution in [1.82, 2.24) is 16.0 Å². The van der Waals surface area contributed by atoms with E-state index in [2.05, 4.69) is 16.0 Å². The third-order valence-electron chi connectivity index (χ3n) is 5.33. The lowest BCUT2D eigenvalue weighted by atomic mass is 10.1. The summed E-state index contributed by atoms with van der Waals surface area (Å²) in [5, 5.41) is 17.0. The largest absolute Gasteiger partial charge is 0.483 e. The molecule has 0 fully saturated rings. The smallest absolute Gasteiger partial charge is 0.405 e. The number of ether oxygens (including phenoxy) is 2. The standard InChI is InChI=1S/C26H33ClN4O7/c1-17(31-25(35)22(38-26(28)36)10-8-18-6-3-2-4-7-18)24(34)30-15-19-14-20(27)9-11-21(19)37-16-23(33)29-12-5-13-32/h2-4,6-7,9,11,14,17,22,32H,5,8,10,12-13,15-16H2,1H3,(H2,28,36)(H,29,33)(H,30,34)(H,31,35). The number of carbonyl (C=O) groups excluding carboxylic acids is 4. The van der Waals surface area contributed by atoms with Crippen LogP contribution in [0.3, 0.4) is 0 Å². The van der Waals surface area contributed by atoms with Gasteiger partial charge in [0.15, 0.2) is 12.7 Å². The number of rotatable bonds is 15. The number of benzene rings is 2. The Morgan fingerprint density at radius 2 is 1.79 bits per heavy atom. The van der Waals surface area contributed by atoms with Gasteiger partial charge >= 0.3 is 6.09 Å². The summed E-state index contributed by atoms with van der Waals surface area (Å²) in [5.41, 5.74) is 6.59. The summed E-state index contributed by atoms with van der Waals surface area (Å²) in [6, 6.07) is 13.1. The highest BCUT2D eigenvalue weighted by atomic mass is 35.5. The molecule has 2 rings (SSSR count). The second-order valence-electron chi connectivity index (χ2n) is 8.37. The average Bonchev–Trinajstić information content (AvgIpc) is 2.89. The molecule has 2 unspecified atom stereocenters. The summed E-state index contributed by atoms with van der Waals surface area (Å²) in [4.78, 5) is 48.6. The molecule has 0 saturated carbocycles. The van der Waals surface area contributed by atoms with E-state index in [1.165, 1.54) is 6.92 Å². The fourth-order valence-corrected chi connectivity index (χ4v) is 3.56. The predicted molar refractivity (Wildman–Crippen MR) is 140 cm³/mol. The number of aryl methyl sites for hydroxylation is 1. The van der Waals surface area contributed by atoms with Crippen molar-refractivity contribution in [3.8, 4) is 5.75 Å². The van der Waals surface area contributed by atoms with Crippen LogP contribution in [-0.2, 0) is 32.1 Å². The molecule has 0 saturated heterocycles. The molecule has 206 valence electrons. The molecule has 12 heteroatoms. The third-order valence-corrected chi connectivity index (χ3v) is 5.57. The van der Waals surface area contributed by atoms with Crippen LogP contribution in [0.25, 0.3) is 0 Å². The summed E-state index contributed by atoms with van der Waals surface area (Å²) in [7, 11) is 0. The Balaban J connectivity index is 1.92. The van der Waals surface area contributed by atoms with E-state index in [1.807, 2.05) is 30.3 Å². The van der Waals surface area contributed by atoms with Crippen LogP contribution in [0.2, 0.25) is 5.02 Å². The monoisotopic (exact) mass is 548 g/mol. The average molecular weight is 549 g/mol. The first-order valence-electron chi connectivity index (χ1n) is 12.1. The Kier molecular flexibility index (Phi) is 12.9. The molecule has 2 aromatic rings. The summed E-state index contributed by atoms with van der Waals surface area (Å²) in [5.74, 6) is -1.17. The maximum Gasteiger partial charge on any atom is 0.405 e.